The van der Waals surface area contributed by atoms with Gasteiger partial charge in [0.1, 0.15) is 6.17 Å². The van der Waals surface area contributed by atoms with Crippen LogP contribution >= 0.6 is 7.37 Å². The minimum absolute atomic E-state index is 0.182. The Labute approximate surface area is 53.5 Å². The SMILES string of the molecule is CP(=O)(O)C[C@H](F)CN. The maximum Gasteiger partial charge on any atom is 0.200 e. The molecule has 0 aromatic carbocycles. The summed E-state index contributed by atoms with van der Waals surface area (Å²) in [5.74, 6) is 0. The number of hydrogen-bond acceptors (Lipinski definition) is 2. The zero-order chi connectivity index (χ0) is 7.49. The van der Waals surface area contributed by atoms with Crippen molar-refractivity contribution in [2.24, 2.45) is 5.73 Å². The van der Waals surface area contributed by atoms with E-state index in [-0.39, 0.29) is 12.7 Å². The molecule has 5 heteroatoms. The van der Waals surface area contributed by atoms with Gasteiger partial charge in [-0.1, -0.05) is 0 Å². The molecule has 0 aromatic heterocycles. The van der Waals surface area contributed by atoms with Crippen molar-refractivity contribution in [3.05, 3.63) is 0 Å². The summed E-state index contributed by atoms with van der Waals surface area (Å²) in [5, 5.41) is 0. The lowest BCUT2D eigenvalue weighted by Gasteiger charge is -2.06. The molecule has 0 spiro atoms. The van der Waals surface area contributed by atoms with Crippen LogP contribution in [0.1, 0.15) is 0 Å². The summed E-state index contributed by atoms with van der Waals surface area (Å²) in [7, 11) is -3.19. The molecule has 0 heterocycles. The highest BCUT2D eigenvalue weighted by molar-refractivity contribution is 7.57. The predicted molar refractivity (Wildman–Crippen MR) is 34.6 cm³/mol. The molecule has 3 N–H and O–H groups in total. The van der Waals surface area contributed by atoms with E-state index >= 15 is 0 Å². The van der Waals surface area contributed by atoms with Gasteiger partial charge in [-0.25, -0.2) is 4.39 Å². The summed E-state index contributed by atoms with van der Waals surface area (Å²) in [4.78, 5) is 8.58. The normalized spacial score (nSPS) is 20.9. The van der Waals surface area contributed by atoms with Gasteiger partial charge in [0.25, 0.3) is 0 Å². The van der Waals surface area contributed by atoms with Crippen LogP contribution in [0, 0.1) is 0 Å². The van der Waals surface area contributed by atoms with Gasteiger partial charge in [0, 0.05) is 13.2 Å². The number of halogens is 1. The third-order valence-corrected chi connectivity index (χ3v) is 1.87. The Morgan fingerprint density at radius 3 is 2.44 bits per heavy atom. The molecular weight excluding hydrogens is 144 g/mol. The van der Waals surface area contributed by atoms with Crippen LogP contribution in [0.4, 0.5) is 4.39 Å². The molecule has 2 atom stereocenters. The second kappa shape index (κ2) is 3.30. The molecule has 0 saturated carbocycles. The van der Waals surface area contributed by atoms with Crippen molar-refractivity contribution in [3.63, 3.8) is 0 Å². The molecule has 0 fully saturated rings. The standard InChI is InChI=1S/C4H11FNO2P/c1-9(7,8)3-4(5)2-6/h4H,2-3,6H2,1H3,(H,7,8)/t4-/m1/s1. The monoisotopic (exact) mass is 155 g/mol. The van der Waals surface area contributed by atoms with Gasteiger partial charge in [-0.05, 0) is 0 Å². The topological polar surface area (TPSA) is 63.3 Å². The quantitative estimate of drug-likeness (QED) is 0.571. The Kier molecular flexibility index (Phi) is 3.33. The van der Waals surface area contributed by atoms with Crippen LogP contribution in [0.15, 0.2) is 0 Å². The molecule has 0 aromatic rings. The molecule has 0 rings (SSSR count). The van der Waals surface area contributed by atoms with E-state index in [0.29, 0.717) is 0 Å². The van der Waals surface area contributed by atoms with Gasteiger partial charge in [-0.2, -0.15) is 0 Å². The van der Waals surface area contributed by atoms with Gasteiger partial charge in [-0.15, -0.1) is 0 Å². The van der Waals surface area contributed by atoms with Crippen LogP contribution in [0.2, 0.25) is 0 Å². The van der Waals surface area contributed by atoms with Crippen LogP contribution in [0.5, 0.6) is 0 Å². The lowest BCUT2D eigenvalue weighted by molar-refractivity contribution is 0.360. The van der Waals surface area contributed by atoms with Crippen LogP contribution in [0.3, 0.4) is 0 Å². The fourth-order valence-electron chi connectivity index (χ4n) is 0.442. The Morgan fingerprint density at radius 2 is 2.33 bits per heavy atom. The van der Waals surface area contributed by atoms with E-state index in [9.17, 15) is 8.96 Å². The van der Waals surface area contributed by atoms with Gasteiger partial charge in [0.15, 0.2) is 0 Å². The second-order valence-corrected chi connectivity index (χ2v) is 4.53. The zero-order valence-electron chi connectivity index (χ0n) is 5.25. The molecule has 0 aliphatic heterocycles. The van der Waals surface area contributed by atoms with E-state index in [1.807, 2.05) is 0 Å². The highest BCUT2D eigenvalue weighted by Crippen LogP contribution is 2.35. The fourth-order valence-corrected chi connectivity index (χ4v) is 1.33. The summed E-state index contributed by atoms with van der Waals surface area (Å²) in [6.45, 7) is 0.938. The first-order valence-electron chi connectivity index (χ1n) is 2.59. The highest BCUT2D eigenvalue weighted by Gasteiger charge is 2.16. The maximum atomic E-state index is 12.2. The predicted octanol–water partition coefficient (Wildman–Crippen LogP) is 0.183. The molecular formula is C4H11FNO2P. The molecule has 56 valence electrons. The zero-order valence-corrected chi connectivity index (χ0v) is 6.14. The summed E-state index contributed by atoms with van der Waals surface area (Å²) in [5.41, 5.74) is 4.87. The number of nitrogens with two attached hydrogens (primary N) is 1. The molecule has 0 aliphatic carbocycles. The smallest absolute Gasteiger partial charge is 0.200 e. The average Bonchev–Trinajstić information content (AvgIpc) is 1.62. The molecule has 0 radical (unpaired) electrons. The Hall–Kier alpha value is 0.0800. The Morgan fingerprint density at radius 1 is 1.89 bits per heavy atom. The van der Waals surface area contributed by atoms with Gasteiger partial charge in [-0.3, -0.25) is 4.57 Å². The molecule has 0 bridgehead atoms. The molecule has 3 nitrogen and oxygen atoms in total. The van der Waals surface area contributed by atoms with Crippen molar-refractivity contribution in [1.29, 1.82) is 0 Å². The minimum Gasteiger partial charge on any atom is -0.344 e. The van der Waals surface area contributed by atoms with Crippen LogP contribution in [-0.2, 0) is 4.57 Å². The first-order chi connectivity index (χ1) is 3.95. The van der Waals surface area contributed by atoms with E-state index in [1.165, 1.54) is 0 Å². The van der Waals surface area contributed by atoms with E-state index in [1.54, 1.807) is 0 Å². The molecule has 0 amide bonds. The summed E-state index contributed by atoms with van der Waals surface area (Å²) in [6, 6.07) is 0. The van der Waals surface area contributed by atoms with Crippen LogP contribution in [-0.4, -0.2) is 30.4 Å². The summed E-state index contributed by atoms with van der Waals surface area (Å²) < 4.78 is 22.6. The van der Waals surface area contributed by atoms with Gasteiger partial charge >= 0.3 is 0 Å². The van der Waals surface area contributed by atoms with Crippen molar-refractivity contribution in [2.75, 3.05) is 19.4 Å². The van der Waals surface area contributed by atoms with Crippen molar-refractivity contribution in [2.45, 2.75) is 6.17 Å². The number of rotatable bonds is 3. The fraction of sp³-hybridized carbons (Fsp3) is 1.00. The first-order valence-corrected chi connectivity index (χ1v) is 4.88. The van der Waals surface area contributed by atoms with Crippen LogP contribution < -0.4 is 5.73 Å². The van der Waals surface area contributed by atoms with Crippen molar-refractivity contribution in [1.82, 2.24) is 0 Å². The van der Waals surface area contributed by atoms with Gasteiger partial charge < -0.3 is 10.6 Å². The van der Waals surface area contributed by atoms with Gasteiger partial charge in [0.05, 0.1) is 6.16 Å². The largest absolute Gasteiger partial charge is 0.344 e. The van der Waals surface area contributed by atoms with Crippen molar-refractivity contribution >= 4 is 7.37 Å². The second-order valence-electron chi connectivity index (χ2n) is 2.07. The molecule has 0 aliphatic rings. The number of alkyl halides is 1. The van der Waals surface area contributed by atoms with Crippen molar-refractivity contribution in [3.8, 4) is 0 Å². The lowest BCUT2D eigenvalue weighted by atomic mass is 10.5. The molecule has 9 heavy (non-hydrogen) atoms. The average molecular weight is 155 g/mol. The first kappa shape index (κ1) is 9.08. The third kappa shape index (κ3) is 5.96. The van der Waals surface area contributed by atoms with Crippen LogP contribution in [0.25, 0.3) is 0 Å². The number of hydrogen-bond donors (Lipinski definition) is 2. The van der Waals surface area contributed by atoms with E-state index in [2.05, 4.69) is 0 Å². The highest BCUT2D eigenvalue weighted by atomic mass is 31.2. The third-order valence-electron chi connectivity index (χ3n) is 0.793. The Balaban J connectivity index is 3.60. The lowest BCUT2D eigenvalue weighted by Crippen LogP contribution is -2.18. The molecule has 0 saturated heterocycles. The van der Waals surface area contributed by atoms with E-state index < -0.39 is 13.5 Å². The Bertz CT molecular complexity index is 124. The summed E-state index contributed by atoms with van der Waals surface area (Å²) in [6.07, 6.45) is -1.67. The summed E-state index contributed by atoms with van der Waals surface area (Å²) >= 11 is 0. The minimum atomic E-state index is -3.19. The van der Waals surface area contributed by atoms with Crippen molar-refractivity contribution < 1.29 is 13.8 Å². The maximum absolute atomic E-state index is 12.2. The van der Waals surface area contributed by atoms with E-state index in [4.69, 9.17) is 10.6 Å². The van der Waals surface area contributed by atoms with Gasteiger partial charge in [0.2, 0.25) is 7.37 Å². The van der Waals surface area contributed by atoms with E-state index in [0.717, 1.165) is 6.66 Å². The molecule has 1 unspecified atom stereocenters.